The topological polar surface area (TPSA) is 105 Å². The normalized spacial score (nSPS) is 11.6. The van der Waals surface area contributed by atoms with Gasteiger partial charge in [0.05, 0.1) is 16.2 Å². The number of aromatic nitrogens is 1. The van der Waals surface area contributed by atoms with Gasteiger partial charge in [0.25, 0.3) is 0 Å². The molecule has 10 heteroatoms. The molecule has 0 amide bonds. The molecule has 1 N–H and O–H groups in total. The molecule has 0 radical (unpaired) electrons. The molecule has 0 aliphatic carbocycles. The van der Waals surface area contributed by atoms with Gasteiger partial charge in [0.1, 0.15) is 0 Å². The minimum atomic E-state index is -3.22. The standard InChI is InChI=1S/C11H17ClN4O4S/c1-3-15(21(2,19)20)6-4-5-13-11-10(16(17)18)7-9(12)8-14-11/h7-8H,3-6H2,1-2H3,(H,13,14). The molecule has 1 heterocycles. The molecule has 0 aromatic carbocycles. The number of sulfonamides is 1. The number of anilines is 1. The average molecular weight is 337 g/mol. The Labute approximate surface area is 128 Å². The molecule has 118 valence electrons. The molecule has 8 nitrogen and oxygen atoms in total. The van der Waals surface area contributed by atoms with Gasteiger partial charge >= 0.3 is 5.69 Å². The molecule has 1 aromatic rings. The molecule has 0 saturated carbocycles. The maximum absolute atomic E-state index is 11.4. The van der Waals surface area contributed by atoms with Crippen LogP contribution in [0.1, 0.15) is 13.3 Å². The van der Waals surface area contributed by atoms with Gasteiger partial charge in [0, 0.05) is 31.9 Å². The number of nitro groups is 1. The van der Waals surface area contributed by atoms with Crippen LogP contribution < -0.4 is 5.32 Å². The Kier molecular flexibility index (Phi) is 6.31. The van der Waals surface area contributed by atoms with Crippen molar-refractivity contribution in [1.82, 2.24) is 9.29 Å². The molecule has 0 fully saturated rings. The first-order valence-corrected chi connectivity index (χ1v) is 8.47. The summed E-state index contributed by atoms with van der Waals surface area (Å²) in [6.45, 7) is 2.84. The minimum Gasteiger partial charge on any atom is -0.364 e. The molecule has 0 aliphatic rings. The first kappa shape index (κ1) is 17.6. The number of nitrogens with one attached hydrogen (secondary N) is 1. The fourth-order valence-electron chi connectivity index (χ4n) is 1.72. The van der Waals surface area contributed by atoms with Crippen molar-refractivity contribution < 1.29 is 13.3 Å². The molecule has 0 saturated heterocycles. The number of pyridine rings is 1. The molecule has 1 aromatic heterocycles. The van der Waals surface area contributed by atoms with Crippen LogP contribution in [0.25, 0.3) is 0 Å². The highest BCUT2D eigenvalue weighted by Gasteiger charge is 2.16. The molecule has 0 atom stereocenters. The lowest BCUT2D eigenvalue weighted by molar-refractivity contribution is -0.384. The first-order chi connectivity index (χ1) is 9.75. The van der Waals surface area contributed by atoms with E-state index in [4.69, 9.17) is 11.6 Å². The molecular weight excluding hydrogens is 320 g/mol. The maximum Gasteiger partial charge on any atom is 0.312 e. The fourth-order valence-corrected chi connectivity index (χ4v) is 2.81. The Balaban J connectivity index is 2.59. The van der Waals surface area contributed by atoms with Crippen LogP contribution in [0.3, 0.4) is 0 Å². The van der Waals surface area contributed by atoms with Crippen molar-refractivity contribution in [2.24, 2.45) is 0 Å². The van der Waals surface area contributed by atoms with Crippen molar-refractivity contribution in [3.63, 3.8) is 0 Å². The average Bonchev–Trinajstić information content (AvgIpc) is 2.38. The van der Waals surface area contributed by atoms with E-state index in [1.807, 2.05) is 0 Å². The van der Waals surface area contributed by atoms with Crippen molar-refractivity contribution in [3.05, 3.63) is 27.4 Å². The Morgan fingerprint density at radius 2 is 2.19 bits per heavy atom. The monoisotopic (exact) mass is 336 g/mol. The third kappa shape index (κ3) is 5.44. The smallest absolute Gasteiger partial charge is 0.312 e. The van der Waals surface area contributed by atoms with Crippen LogP contribution >= 0.6 is 11.6 Å². The fraction of sp³-hybridized carbons (Fsp3) is 0.545. The van der Waals surface area contributed by atoms with E-state index in [1.165, 1.54) is 16.6 Å². The largest absolute Gasteiger partial charge is 0.364 e. The van der Waals surface area contributed by atoms with Crippen LogP contribution in [0.5, 0.6) is 0 Å². The highest BCUT2D eigenvalue weighted by atomic mass is 35.5. The van der Waals surface area contributed by atoms with Crippen molar-refractivity contribution >= 4 is 33.1 Å². The minimum absolute atomic E-state index is 0.117. The lowest BCUT2D eigenvalue weighted by atomic mass is 10.3. The SMILES string of the molecule is CCN(CCCNc1ncc(Cl)cc1[N+](=O)[O-])S(C)(=O)=O. The van der Waals surface area contributed by atoms with E-state index in [2.05, 4.69) is 10.3 Å². The zero-order chi connectivity index (χ0) is 16.0. The summed E-state index contributed by atoms with van der Waals surface area (Å²) in [5, 5.41) is 13.9. The van der Waals surface area contributed by atoms with E-state index < -0.39 is 14.9 Å². The zero-order valence-electron chi connectivity index (χ0n) is 11.7. The third-order valence-electron chi connectivity index (χ3n) is 2.73. The van der Waals surface area contributed by atoms with E-state index in [-0.39, 0.29) is 16.5 Å². The Hall–Kier alpha value is -1.45. The van der Waals surface area contributed by atoms with E-state index in [1.54, 1.807) is 6.92 Å². The van der Waals surface area contributed by atoms with Crippen LogP contribution in [-0.2, 0) is 10.0 Å². The molecule has 0 aliphatic heterocycles. The molecular formula is C11H17ClN4O4S. The van der Waals surface area contributed by atoms with Crippen LogP contribution in [0, 0.1) is 10.1 Å². The maximum atomic E-state index is 11.4. The summed E-state index contributed by atoms with van der Waals surface area (Å²) in [7, 11) is -3.22. The number of hydrogen-bond acceptors (Lipinski definition) is 6. The Morgan fingerprint density at radius 3 is 2.71 bits per heavy atom. The molecule has 0 spiro atoms. The van der Waals surface area contributed by atoms with Crippen molar-refractivity contribution in [2.75, 3.05) is 31.2 Å². The summed E-state index contributed by atoms with van der Waals surface area (Å²) in [6, 6.07) is 1.21. The highest BCUT2D eigenvalue weighted by Crippen LogP contribution is 2.24. The van der Waals surface area contributed by atoms with Crippen LogP contribution in [0.15, 0.2) is 12.3 Å². The number of halogens is 1. The summed E-state index contributed by atoms with van der Waals surface area (Å²) < 4.78 is 24.1. The van der Waals surface area contributed by atoms with E-state index >= 15 is 0 Å². The number of rotatable bonds is 8. The van der Waals surface area contributed by atoms with Gasteiger partial charge in [-0.1, -0.05) is 18.5 Å². The number of hydrogen-bond donors (Lipinski definition) is 1. The van der Waals surface area contributed by atoms with Gasteiger partial charge in [-0.05, 0) is 6.42 Å². The summed E-state index contributed by atoms with van der Waals surface area (Å²) in [6.07, 6.45) is 2.96. The summed E-state index contributed by atoms with van der Waals surface area (Å²) >= 11 is 5.66. The van der Waals surface area contributed by atoms with Gasteiger partial charge in [-0.15, -0.1) is 0 Å². The van der Waals surface area contributed by atoms with E-state index in [9.17, 15) is 18.5 Å². The second kappa shape index (κ2) is 7.53. The second-order valence-electron chi connectivity index (χ2n) is 4.31. The van der Waals surface area contributed by atoms with Gasteiger partial charge in [0.2, 0.25) is 15.8 Å². The van der Waals surface area contributed by atoms with E-state index in [0.29, 0.717) is 26.1 Å². The van der Waals surface area contributed by atoms with Crippen LogP contribution in [-0.4, -0.2) is 48.5 Å². The Bertz CT molecular complexity index is 608. The summed E-state index contributed by atoms with van der Waals surface area (Å²) in [4.78, 5) is 14.2. The zero-order valence-corrected chi connectivity index (χ0v) is 13.3. The predicted octanol–water partition coefficient (Wildman–Crippen LogP) is 1.73. The van der Waals surface area contributed by atoms with Gasteiger partial charge in [-0.25, -0.2) is 17.7 Å². The van der Waals surface area contributed by atoms with Gasteiger partial charge in [-0.3, -0.25) is 10.1 Å². The molecule has 0 bridgehead atoms. The predicted molar refractivity (Wildman–Crippen MR) is 81.1 cm³/mol. The third-order valence-corrected chi connectivity index (χ3v) is 4.31. The lowest BCUT2D eigenvalue weighted by Gasteiger charge is -2.17. The summed E-state index contributed by atoms with van der Waals surface area (Å²) in [5.41, 5.74) is -0.210. The highest BCUT2D eigenvalue weighted by molar-refractivity contribution is 7.88. The van der Waals surface area contributed by atoms with E-state index in [0.717, 1.165) is 6.26 Å². The molecule has 0 unspecified atom stereocenters. The quantitative estimate of drug-likeness (QED) is 0.440. The molecule has 1 rings (SSSR count). The van der Waals surface area contributed by atoms with Gasteiger partial charge < -0.3 is 5.32 Å². The van der Waals surface area contributed by atoms with Crippen LogP contribution in [0.2, 0.25) is 5.02 Å². The van der Waals surface area contributed by atoms with Crippen molar-refractivity contribution in [2.45, 2.75) is 13.3 Å². The summed E-state index contributed by atoms with van der Waals surface area (Å²) in [5.74, 6) is 0.117. The van der Waals surface area contributed by atoms with Crippen molar-refractivity contribution in [1.29, 1.82) is 0 Å². The Morgan fingerprint density at radius 1 is 1.52 bits per heavy atom. The first-order valence-electron chi connectivity index (χ1n) is 6.24. The lowest BCUT2D eigenvalue weighted by Crippen LogP contribution is -2.31. The molecule has 21 heavy (non-hydrogen) atoms. The van der Waals surface area contributed by atoms with Crippen LogP contribution in [0.4, 0.5) is 11.5 Å². The van der Waals surface area contributed by atoms with Gasteiger partial charge in [0.15, 0.2) is 0 Å². The number of nitrogens with zero attached hydrogens (tertiary/aromatic N) is 3. The van der Waals surface area contributed by atoms with Gasteiger partial charge in [-0.2, -0.15) is 0 Å². The second-order valence-corrected chi connectivity index (χ2v) is 6.73. The van der Waals surface area contributed by atoms with Crippen molar-refractivity contribution in [3.8, 4) is 0 Å².